The number of phenols is 1. The molecule has 0 spiro atoms. The lowest BCUT2D eigenvalue weighted by molar-refractivity contribution is 0.0420. The molecule has 16 heavy (non-hydrogen) atoms. The molecule has 1 amide bonds. The van der Waals surface area contributed by atoms with Crippen LogP contribution in [0.3, 0.4) is 0 Å². The van der Waals surface area contributed by atoms with Gasteiger partial charge in [-0.25, -0.2) is 0 Å². The van der Waals surface area contributed by atoms with Gasteiger partial charge in [0.2, 0.25) is 0 Å². The van der Waals surface area contributed by atoms with Gasteiger partial charge in [-0.15, -0.1) is 0 Å². The summed E-state index contributed by atoms with van der Waals surface area (Å²) in [5, 5.41) is 21.3. The van der Waals surface area contributed by atoms with E-state index in [-0.39, 0.29) is 17.8 Å². The summed E-state index contributed by atoms with van der Waals surface area (Å²) < 4.78 is 0. The molecule has 0 saturated heterocycles. The molecule has 0 aromatic heterocycles. The lowest BCUT2D eigenvalue weighted by Crippen LogP contribution is -2.38. The molecule has 0 unspecified atom stereocenters. The molecule has 3 N–H and O–H groups in total. The summed E-state index contributed by atoms with van der Waals surface area (Å²) in [6.45, 7) is 0.560. The number of hydrogen-bond donors (Lipinski definition) is 3. The smallest absolute Gasteiger partial charge is 0.255 e. The van der Waals surface area contributed by atoms with Crippen LogP contribution in [0.2, 0.25) is 0 Å². The van der Waals surface area contributed by atoms with E-state index in [0.717, 1.165) is 12.8 Å². The summed E-state index contributed by atoms with van der Waals surface area (Å²) in [4.78, 5) is 11.7. The first-order valence-electron chi connectivity index (χ1n) is 5.41. The maximum absolute atomic E-state index is 11.7. The molecule has 4 heteroatoms. The SMILES string of the molecule is O=C(NCC1CC(O)C1)c1ccccc1O. The maximum Gasteiger partial charge on any atom is 0.255 e. The molecule has 0 heterocycles. The molecule has 0 radical (unpaired) electrons. The van der Waals surface area contributed by atoms with Crippen LogP contribution >= 0.6 is 0 Å². The highest BCUT2D eigenvalue weighted by Crippen LogP contribution is 2.26. The van der Waals surface area contributed by atoms with E-state index in [4.69, 9.17) is 5.11 Å². The van der Waals surface area contributed by atoms with E-state index in [1.165, 1.54) is 6.07 Å². The van der Waals surface area contributed by atoms with E-state index in [1.807, 2.05) is 0 Å². The van der Waals surface area contributed by atoms with Gasteiger partial charge in [-0.2, -0.15) is 0 Å². The fraction of sp³-hybridized carbons (Fsp3) is 0.417. The van der Waals surface area contributed by atoms with Crippen LogP contribution in [0, 0.1) is 5.92 Å². The molecule has 1 aromatic rings. The van der Waals surface area contributed by atoms with Crippen LogP contribution in [0.1, 0.15) is 23.2 Å². The van der Waals surface area contributed by atoms with Crippen molar-refractivity contribution in [2.24, 2.45) is 5.92 Å². The summed E-state index contributed by atoms with van der Waals surface area (Å²) in [5.41, 5.74) is 0.294. The molecule has 2 rings (SSSR count). The standard InChI is InChI=1S/C12H15NO3/c14-9-5-8(6-9)7-13-12(16)10-3-1-2-4-11(10)15/h1-4,8-9,14-15H,5-7H2,(H,13,16). The van der Waals surface area contributed by atoms with Crippen LogP contribution in [0.15, 0.2) is 24.3 Å². The topological polar surface area (TPSA) is 69.6 Å². The highest BCUT2D eigenvalue weighted by atomic mass is 16.3. The second-order valence-electron chi connectivity index (χ2n) is 4.22. The van der Waals surface area contributed by atoms with Crippen LogP contribution in [0.5, 0.6) is 5.75 Å². The summed E-state index contributed by atoms with van der Waals surface area (Å²) in [6, 6.07) is 6.46. The highest BCUT2D eigenvalue weighted by molar-refractivity contribution is 5.96. The van der Waals surface area contributed by atoms with Gasteiger partial charge in [-0.3, -0.25) is 4.79 Å². The first-order valence-corrected chi connectivity index (χ1v) is 5.41. The Balaban J connectivity index is 1.86. The lowest BCUT2D eigenvalue weighted by atomic mass is 9.82. The number of aromatic hydroxyl groups is 1. The molecule has 86 valence electrons. The van der Waals surface area contributed by atoms with Crippen LogP contribution in [-0.2, 0) is 0 Å². The Labute approximate surface area is 93.9 Å². The molecule has 1 saturated carbocycles. The van der Waals surface area contributed by atoms with Gasteiger partial charge in [0.15, 0.2) is 0 Å². The van der Waals surface area contributed by atoms with E-state index in [1.54, 1.807) is 18.2 Å². The Hall–Kier alpha value is -1.55. The van der Waals surface area contributed by atoms with Crippen LogP contribution in [-0.4, -0.2) is 28.8 Å². The van der Waals surface area contributed by atoms with Crippen molar-refractivity contribution >= 4 is 5.91 Å². The van der Waals surface area contributed by atoms with Crippen molar-refractivity contribution < 1.29 is 15.0 Å². The number of rotatable bonds is 3. The Morgan fingerprint density at radius 1 is 1.38 bits per heavy atom. The second-order valence-corrected chi connectivity index (χ2v) is 4.22. The Kier molecular flexibility index (Phi) is 3.10. The van der Waals surface area contributed by atoms with Gasteiger partial charge in [0.25, 0.3) is 5.91 Å². The normalized spacial score (nSPS) is 23.6. The quantitative estimate of drug-likeness (QED) is 0.710. The summed E-state index contributed by atoms with van der Waals surface area (Å²) in [7, 11) is 0. The zero-order chi connectivity index (χ0) is 11.5. The fourth-order valence-corrected chi connectivity index (χ4v) is 1.87. The maximum atomic E-state index is 11.7. The van der Waals surface area contributed by atoms with Gasteiger partial charge < -0.3 is 15.5 Å². The minimum Gasteiger partial charge on any atom is -0.507 e. The molecular weight excluding hydrogens is 206 g/mol. The molecular formula is C12H15NO3. The third kappa shape index (κ3) is 2.33. The van der Waals surface area contributed by atoms with Gasteiger partial charge in [0.1, 0.15) is 5.75 Å². The van der Waals surface area contributed by atoms with Crippen molar-refractivity contribution in [2.75, 3.05) is 6.54 Å². The zero-order valence-corrected chi connectivity index (χ0v) is 8.89. The highest BCUT2D eigenvalue weighted by Gasteiger charge is 2.27. The van der Waals surface area contributed by atoms with E-state index >= 15 is 0 Å². The number of phenolic OH excluding ortho intramolecular Hbond substituents is 1. The molecule has 0 atom stereocenters. The van der Waals surface area contributed by atoms with Crippen molar-refractivity contribution in [3.05, 3.63) is 29.8 Å². The van der Waals surface area contributed by atoms with Crippen molar-refractivity contribution in [3.63, 3.8) is 0 Å². The Bertz CT molecular complexity index is 386. The fourth-order valence-electron chi connectivity index (χ4n) is 1.87. The van der Waals surface area contributed by atoms with Gasteiger partial charge in [0.05, 0.1) is 11.7 Å². The van der Waals surface area contributed by atoms with Crippen molar-refractivity contribution in [2.45, 2.75) is 18.9 Å². The molecule has 4 nitrogen and oxygen atoms in total. The van der Waals surface area contributed by atoms with Gasteiger partial charge >= 0.3 is 0 Å². The van der Waals surface area contributed by atoms with Crippen LogP contribution in [0.25, 0.3) is 0 Å². The van der Waals surface area contributed by atoms with E-state index < -0.39 is 0 Å². The van der Waals surface area contributed by atoms with Crippen molar-refractivity contribution in [1.82, 2.24) is 5.32 Å². The number of carbonyl (C=O) groups is 1. The number of nitrogens with one attached hydrogen (secondary N) is 1. The molecule has 1 aliphatic rings. The predicted octanol–water partition coefficient (Wildman–Crippen LogP) is 0.893. The first kappa shape index (κ1) is 11.0. The second kappa shape index (κ2) is 4.53. The average Bonchev–Trinajstić information content (AvgIpc) is 2.23. The van der Waals surface area contributed by atoms with Crippen LogP contribution < -0.4 is 5.32 Å². The minimum absolute atomic E-state index is 0.00589. The number of hydrogen-bond acceptors (Lipinski definition) is 3. The average molecular weight is 221 g/mol. The Morgan fingerprint density at radius 2 is 2.06 bits per heavy atom. The number of aliphatic hydroxyl groups is 1. The molecule has 1 aromatic carbocycles. The largest absolute Gasteiger partial charge is 0.507 e. The third-order valence-corrected chi connectivity index (χ3v) is 2.91. The number of para-hydroxylation sites is 1. The van der Waals surface area contributed by atoms with Crippen molar-refractivity contribution in [3.8, 4) is 5.75 Å². The van der Waals surface area contributed by atoms with Crippen molar-refractivity contribution in [1.29, 1.82) is 0 Å². The molecule has 1 aliphatic carbocycles. The lowest BCUT2D eigenvalue weighted by Gasteiger charge is -2.31. The van der Waals surface area contributed by atoms with Crippen LogP contribution in [0.4, 0.5) is 0 Å². The number of amides is 1. The van der Waals surface area contributed by atoms with E-state index in [0.29, 0.717) is 18.0 Å². The molecule has 0 aliphatic heterocycles. The Morgan fingerprint density at radius 3 is 2.69 bits per heavy atom. The third-order valence-electron chi connectivity index (χ3n) is 2.91. The summed E-state index contributed by atoms with van der Waals surface area (Å²) >= 11 is 0. The van der Waals surface area contributed by atoms with Gasteiger partial charge in [-0.1, -0.05) is 12.1 Å². The van der Waals surface area contributed by atoms with Gasteiger partial charge in [0, 0.05) is 6.54 Å². The number of benzene rings is 1. The molecule has 0 bridgehead atoms. The number of carbonyl (C=O) groups excluding carboxylic acids is 1. The minimum atomic E-state index is -0.264. The summed E-state index contributed by atoms with van der Waals surface area (Å²) in [5.74, 6) is 0.0953. The first-order chi connectivity index (χ1) is 7.66. The van der Waals surface area contributed by atoms with E-state index in [2.05, 4.69) is 5.32 Å². The monoisotopic (exact) mass is 221 g/mol. The summed E-state index contributed by atoms with van der Waals surface area (Å²) in [6.07, 6.45) is 1.30. The van der Waals surface area contributed by atoms with E-state index in [9.17, 15) is 9.90 Å². The number of aliphatic hydroxyl groups excluding tert-OH is 1. The predicted molar refractivity (Wildman–Crippen MR) is 59.2 cm³/mol. The van der Waals surface area contributed by atoms with Gasteiger partial charge in [-0.05, 0) is 30.9 Å². The zero-order valence-electron chi connectivity index (χ0n) is 8.89. The molecule has 1 fully saturated rings.